The van der Waals surface area contributed by atoms with Crippen molar-refractivity contribution in [3.05, 3.63) is 65.7 Å². The van der Waals surface area contributed by atoms with Crippen LogP contribution in [0.15, 0.2) is 59.1 Å². The summed E-state index contributed by atoms with van der Waals surface area (Å²) in [6.45, 7) is 6.10. The summed E-state index contributed by atoms with van der Waals surface area (Å²) in [5, 5.41) is 8.65. The molecule has 1 N–H and O–H groups in total. The average Bonchev–Trinajstić information content (AvgIpc) is 3.39. The zero-order valence-electron chi connectivity index (χ0n) is 21.5. The number of hydrogen-bond acceptors (Lipinski definition) is 8. The first-order valence-corrected chi connectivity index (χ1v) is 13.1. The lowest BCUT2D eigenvalue weighted by Gasteiger charge is -2.33. The highest BCUT2D eigenvalue weighted by molar-refractivity contribution is 6.28. The molecule has 1 saturated heterocycles. The number of carbonyl (C=O) groups is 2. The van der Waals surface area contributed by atoms with Gasteiger partial charge in [0.05, 0.1) is 41.5 Å². The number of nitrogens with zero attached hydrogens (tertiary/aromatic N) is 2. The molecule has 2 aliphatic rings. The molecule has 0 atom stereocenters. The Hall–Kier alpha value is -4.33. The Labute approximate surface area is 220 Å². The minimum absolute atomic E-state index is 0.0673. The zero-order chi connectivity index (χ0) is 26.2. The number of piperidine rings is 1. The van der Waals surface area contributed by atoms with Gasteiger partial charge in [0.25, 0.3) is 0 Å². The molecule has 1 fully saturated rings. The van der Waals surface area contributed by atoms with Crippen LogP contribution in [-0.2, 0) is 9.53 Å². The molecule has 2 heterocycles. The lowest BCUT2D eigenvalue weighted by Crippen LogP contribution is -2.37. The van der Waals surface area contributed by atoms with Crippen molar-refractivity contribution < 1.29 is 23.6 Å². The highest BCUT2D eigenvalue weighted by Gasteiger charge is 2.35. The van der Waals surface area contributed by atoms with Crippen LogP contribution in [0.5, 0.6) is 5.75 Å². The molecule has 194 valence electrons. The Morgan fingerprint density at radius 3 is 2.50 bits per heavy atom. The normalized spacial score (nSPS) is 14.9. The van der Waals surface area contributed by atoms with Crippen LogP contribution in [0.1, 0.15) is 42.6 Å². The fourth-order valence-corrected chi connectivity index (χ4v) is 5.45. The lowest BCUT2D eigenvalue weighted by atomic mass is 9.86. The van der Waals surface area contributed by atoms with E-state index < -0.39 is 0 Å². The van der Waals surface area contributed by atoms with Crippen LogP contribution >= 0.6 is 0 Å². The van der Waals surface area contributed by atoms with Crippen LogP contribution in [-0.4, -0.2) is 43.2 Å². The second-order valence-corrected chi connectivity index (χ2v) is 9.52. The molecule has 8 heteroatoms. The van der Waals surface area contributed by atoms with E-state index in [-0.39, 0.29) is 17.7 Å². The van der Waals surface area contributed by atoms with Gasteiger partial charge in [-0.25, -0.2) is 0 Å². The van der Waals surface area contributed by atoms with E-state index in [4.69, 9.17) is 14.0 Å². The molecule has 38 heavy (non-hydrogen) atoms. The third kappa shape index (κ3) is 4.06. The first kappa shape index (κ1) is 24.0. The Balaban J connectivity index is 1.44. The molecule has 1 aromatic heterocycles. The van der Waals surface area contributed by atoms with Crippen LogP contribution in [0.3, 0.4) is 0 Å². The number of ketones is 1. The van der Waals surface area contributed by atoms with Crippen molar-refractivity contribution in [1.29, 1.82) is 0 Å². The number of fused-ring (bicyclic) bond motifs is 2. The molecule has 3 aromatic carbocycles. The molecule has 8 nitrogen and oxygen atoms in total. The smallest absolute Gasteiger partial charge is 0.309 e. The van der Waals surface area contributed by atoms with Gasteiger partial charge in [-0.2, -0.15) is 0 Å². The number of benzene rings is 3. The van der Waals surface area contributed by atoms with Crippen LogP contribution < -0.4 is 15.0 Å². The third-order valence-electron chi connectivity index (χ3n) is 7.28. The molecule has 0 spiro atoms. The quantitative estimate of drug-likeness (QED) is 0.268. The summed E-state index contributed by atoms with van der Waals surface area (Å²) in [6.07, 6.45) is 1.38. The van der Waals surface area contributed by atoms with Crippen molar-refractivity contribution >= 4 is 39.7 Å². The highest BCUT2D eigenvalue weighted by atomic mass is 16.5. The predicted molar refractivity (Wildman–Crippen MR) is 145 cm³/mol. The highest BCUT2D eigenvalue weighted by Crippen LogP contribution is 2.46. The summed E-state index contributed by atoms with van der Waals surface area (Å²) in [7, 11) is 0. The number of ether oxygens (including phenoxy) is 2. The van der Waals surface area contributed by atoms with Crippen molar-refractivity contribution in [2.24, 2.45) is 5.92 Å². The summed E-state index contributed by atoms with van der Waals surface area (Å²) in [4.78, 5) is 28.3. The van der Waals surface area contributed by atoms with Gasteiger partial charge in [0, 0.05) is 29.9 Å². The lowest BCUT2D eigenvalue weighted by molar-refractivity contribution is -0.148. The van der Waals surface area contributed by atoms with E-state index in [1.54, 1.807) is 0 Å². The first-order chi connectivity index (χ1) is 18.6. The molecule has 0 bridgehead atoms. The molecule has 1 aliphatic heterocycles. The second kappa shape index (κ2) is 9.85. The van der Waals surface area contributed by atoms with Gasteiger partial charge in [-0.05, 0) is 57.0 Å². The van der Waals surface area contributed by atoms with E-state index in [0.29, 0.717) is 72.6 Å². The van der Waals surface area contributed by atoms with E-state index in [1.165, 1.54) is 0 Å². The Morgan fingerprint density at radius 1 is 1.05 bits per heavy atom. The number of rotatable bonds is 7. The first-order valence-electron chi connectivity index (χ1n) is 13.1. The van der Waals surface area contributed by atoms with Crippen LogP contribution in [0, 0.1) is 5.92 Å². The van der Waals surface area contributed by atoms with Gasteiger partial charge in [-0.1, -0.05) is 29.4 Å². The maximum Gasteiger partial charge on any atom is 0.309 e. The van der Waals surface area contributed by atoms with Crippen molar-refractivity contribution in [2.75, 3.05) is 36.5 Å². The SMILES string of the molecule is CCOC(=O)C1CCN(c2cc(Nc3ccc(OCC)cc3)c3c4c(onc24)-c2ccccc2C3=O)CC1. The van der Waals surface area contributed by atoms with Crippen LogP contribution in [0.25, 0.3) is 22.2 Å². The molecular weight excluding hydrogens is 482 g/mol. The number of anilines is 3. The predicted octanol–water partition coefficient (Wildman–Crippen LogP) is 5.96. The molecule has 0 saturated carbocycles. The Bertz CT molecular complexity index is 1520. The van der Waals surface area contributed by atoms with E-state index in [0.717, 1.165) is 22.7 Å². The number of aromatic nitrogens is 1. The van der Waals surface area contributed by atoms with Crippen molar-refractivity contribution in [1.82, 2.24) is 5.16 Å². The average molecular weight is 512 g/mol. The third-order valence-corrected chi connectivity index (χ3v) is 7.28. The molecule has 4 aromatic rings. The fraction of sp³-hybridized carbons (Fsp3) is 0.300. The molecule has 0 radical (unpaired) electrons. The van der Waals surface area contributed by atoms with Gasteiger partial charge < -0.3 is 24.2 Å². The molecule has 6 rings (SSSR count). The van der Waals surface area contributed by atoms with Crippen molar-refractivity contribution in [3.8, 4) is 17.1 Å². The Morgan fingerprint density at radius 2 is 1.79 bits per heavy atom. The van der Waals surface area contributed by atoms with Gasteiger partial charge >= 0.3 is 5.97 Å². The summed E-state index contributed by atoms with van der Waals surface area (Å²) < 4.78 is 16.7. The molecule has 1 aliphatic carbocycles. The van der Waals surface area contributed by atoms with Gasteiger partial charge in [-0.3, -0.25) is 9.59 Å². The van der Waals surface area contributed by atoms with Gasteiger partial charge in [0.15, 0.2) is 11.5 Å². The molecule has 0 amide bonds. The standard InChI is InChI=1S/C30H29N3O5/c1-3-36-20-11-9-19(10-12-20)31-23-17-24(33-15-13-18(14-16-33)30(35)37-4-2)27-26-25(23)28(34)21-7-5-6-8-22(21)29(26)38-32-27/h5-12,17-18,31H,3-4,13-16H2,1-2H3. The van der Waals surface area contributed by atoms with Crippen LogP contribution in [0.4, 0.5) is 17.1 Å². The van der Waals surface area contributed by atoms with Crippen molar-refractivity contribution in [2.45, 2.75) is 26.7 Å². The summed E-state index contributed by atoms with van der Waals surface area (Å²) in [5.41, 5.74) is 4.95. The molecule has 0 unspecified atom stereocenters. The fourth-order valence-electron chi connectivity index (χ4n) is 5.45. The van der Waals surface area contributed by atoms with E-state index in [9.17, 15) is 9.59 Å². The number of carbonyl (C=O) groups excluding carboxylic acids is 2. The minimum Gasteiger partial charge on any atom is -0.494 e. The van der Waals surface area contributed by atoms with Gasteiger partial charge in [0.2, 0.25) is 0 Å². The van der Waals surface area contributed by atoms with Crippen LogP contribution in [0.2, 0.25) is 0 Å². The summed E-state index contributed by atoms with van der Waals surface area (Å²) >= 11 is 0. The number of nitrogens with one attached hydrogen (secondary N) is 1. The van der Waals surface area contributed by atoms with E-state index in [2.05, 4.69) is 15.4 Å². The Kier molecular flexibility index (Phi) is 6.23. The maximum atomic E-state index is 13.8. The molecular formula is C30H29N3O5. The summed E-state index contributed by atoms with van der Waals surface area (Å²) in [5.74, 6) is 1.07. The van der Waals surface area contributed by atoms with E-state index >= 15 is 0 Å². The number of hydrogen-bond donors (Lipinski definition) is 1. The second-order valence-electron chi connectivity index (χ2n) is 9.52. The monoisotopic (exact) mass is 511 g/mol. The number of esters is 1. The van der Waals surface area contributed by atoms with Crippen molar-refractivity contribution in [3.63, 3.8) is 0 Å². The minimum atomic E-state index is -0.133. The van der Waals surface area contributed by atoms with Gasteiger partial charge in [-0.15, -0.1) is 0 Å². The summed E-state index contributed by atoms with van der Waals surface area (Å²) in [6, 6.07) is 17.1. The zero-order valence-corrected chi connectivity index (χ0v) is 21.5. The van der Waals surface area contributed by atoms with E-state index in [1.807, 2.05) is 68.4 Å². The largest absolute Gasteiger partial charge is 0.494 e. The maximum absolute atomic E-state index is 13.8. The van der Waals surface area contributed by atoms with Gasteiger partial charge in [0.1, 0.15) is 11.3 Å². The topological polar surface area (TPSA) is 93.9 Å².